The number of carbonyl (C=O) groups excluding carboxylic acids is 2. The van der Waals surface area contributed by atoms with Gasteiger partial charge in [-0.2, -0.15) is 0 Å². The zero-order valence-electron chi connectivity index (χ0n) is 18.6. The van der Waals surface area contributed by atoms with Gasteiger partial charge in [-0.3, -0.25) is 0 Å². The van der Waals surface area contributed by atoms with Gasteiger partial charge in [0.05, 0.1) is 24.4 Å². The molecular weight excluding hydrogens is 380 g/mol. The summed E-state index contributed by atoms with van der Waals surface area (Å²) in [6.45, 7) is 12.3. The van der Waals surface area contributed by atoms with E-state index in [0.29, 0.717) is 6.42 Å². The average molecular weight is 417 g/mol. The van der Waals surface area contributed by atoms with Gasteiger partial charge in [-0.1, -0.05) is 57.2 Å². The smallest absolute Gasteiger partial charge is 0.336 e. The molecule has 0 aliphatic carbocycles. The minimum Gasteiger partial charge on any atom is -0.462 e. The molecule has 1 aromatic rings. The first-order chi connectivity index (χ1) is 14.2. The SMILES string of the molecule is C=CC(=O)OCC(CCc1ccc(CCCCC)cc1)COC(=O)C(=C)C(C)(C)O. The lowest BCUT2D eigenvalue weighted by Gasteiger charge is -2.21. The molecule has 0 spiro atoms. The molecule has 1 N–H and O–H groups in total. The number of hydrogen-bond donors (Lipinski definition) is 1. The second-order valence-corrected chi connectivity index (χ2v) is 8.15. The summed E-state index contributed by atoms with van der Waals surface area (Å²) in [6, 6.07) is 8.56. The summed E-state index contributed by atoms with van der Waals surface area (Å²) in [5.74, 6) is -1.33. The van der Waals surface area contributed by atoms with E-state index in [1.807, 2.05) is 0 Å². The first kappa shape index (κ1) is 25.6. The number of rotatable bonds is 14. The Morgan fingerprint density at radius 3 is 2.17 bits per heavy atom. The van der Waals surface area contributed by atoms with E-state index >= 15 is 0 Å². The zero-order chi connectivity index (χ0) is 22.6. The van der Waals surface area contributed by atoms with Crippen molar-refractivity contribution in [1.82, 2.24) is 0 Å². The molecule has 0 bridgehead atoms. The molecule has 0 heterocycles. The summed E-state index contributed by atoms with van der Waals surface area (Å²) in [7, 11) is 0. The van der Waals surface area contributed by atoms with Crippen LogP contribution in [-0.2, 0) is 31.9 Å². The Bertz CT molecular complexity index is 697. The molecule has 0 saturated carbocycles. The monoisotopic (exact) mass is 416 g/mol. The van der Waals surface area contributed by atoms with E-state index in [-0.39, 0.29) is 24.7 Å². The summed E-state index contributed by atoms with van der Waals surface area (Å²) >= 11 is 0. The van der Waals surface area contributed by atoms with Crippen LogP contribution in [0.4, 0.5) is 0 Å². The summed E-state index contributed by atoms with van der Waals surface area (Å²) in [5, 5.41) is 9.89. The number of aliphatic hydroxyl groups is 1. The number of esters is 2. The van der Waals surface area contributed by atoms with Crippen molar-refractivity contribution in [3.8, 4) is 0 Å². The van der Waals surface area contributed by atoms with E-state index < -0.39 is 17.5 Å². The highest BCUT2D eigenvalue weighted by atomic mass is 16.5. The van der Waals surface area contributed by atoms with Crippen molar-refractivity contribution < 1.29 is 24.2 Å². The van der Waals surface area contributed by atoms with Crippen LogP contribution in [0.25, 0.3) is 0 Å². The van der Waals surface area contributed by atoms with Crippen LogP contribution in [0.1, 0.15) is 57.6 Å². The van der Waals surface area contributed by atoms with Crippen LogP contribution in [0.2, 0.25) is 0 Å². The largest absolute Gasteiger partial charge is 0.462 e. The molecule has 30 heavy (non-hydrogen) atoms. The second kappa shape index (κ2) is 13.0. The van der Waals surface area contributed by atoms with Gasteiger partial charge in [0.2, 0.25) is 0 Å². The van der Waals surface area contributed by atoms with Crippen LogP contribution in [0.15, 0.2) is 49.1 Å². The maximum atomic E-state index is 12.1. The third kappa shape index (κ3) is 9.88. The van der Waals surface area contributed by atoms with Crippen molar-refractivity contribution in [2.24, 2.45) is 5.92 Å². The van der Waals surface area contributed by atoms with Gasteiger partial charge < -0.3 is 14.6 Å². The van der Waals surface area contributed by atoms with Gasteiger partial charge in [0.15, 0.2) is 0 Å². The lowest BCUT2D eigenvalue weighted by atomic mass is 9.98. The average Bonchev–Trinajstić information content (AvgIpc) is 2.72. The maximum absolute atomic E-state index is 12.1. The van der Waals surface area contributed by atoms with Gasteiger partial charge in [-0.05, 0) is 50.7 Å². The topological polar surface area (TPSA) is 72.8 Å². The molecule has 0 aliphatic rings. The van der Waals surface area contributed by atoms with E-state index in [9.17, 15) is 14.7 Å². The summed E-state index contributed by atoms with van der Waals surface area (Å²) in [5.41, 5.74) is 1.16. The van der Waals surface area contributed by atoms with Crippen molar-refractivity contribution in [3.05, 3.63) is 60.2 Å². The standard InChI is InChI=1S/C25H36O5/c1-6-8-9-10-20-11-13-21(14-12-20)15-16-22(17-29-23(26)7-2)18-30-24(27)19(3)25(4,5)28/h7,11-14,22,28H,2-3,6,8-10,15-18H2,1,4-5H3. The Morgan fingerprint density at radius 2 is 1.63 bits per heavy atom. The summed E-state index contributed by atoms with van der Waals surface area (Å²) < 4.78 is 10.5. The van der Waals surface area contributed by atoms with Crippen LogP contribution < -0.4 is 0 Å². The van der Waals surface area contributed by atoms with E-state index in [1.165, 1.54) is 44.2 Å². The number of carbonyl (C=O) groups is 2. The molecule has 0 aliphatic heterocycles. The van der Waals surface area contributed by atoms with Gasteiger partial charge in [0.25, 0.3) is 0 Å². The predicted molar refractivity (Wildman–Crippen MR) is 119 cm³/mol. The number of unbranched alkanes of at least 4 members (excludes halogenated alkanes) is 2. The van der Waals surface area contributed by atoms with Crippen molar-refractivity contribution in [1.29, 1.82) is 0 Å². The highest BCUT2D eigenvalue weighted by molar-refractivity contribution is 5.89. The van der Waals surface area contributed by atoms with Gasteiger partial charge in [-0.15, -0.1) is 0 Å². The fourth-order valence-corrected chi connectivity index (χ4v) is 2.83. The van der Waals surface area contributed by atoms with Crippen LogP contribution in [0.5, 0.6) is 0 Å². The molecule has 1 unspecified atom stereocenters. The third-order valence-corrected chi connectivity index (χ3v) is 5.00. The zero-order valence-corrected chi connectivity index (χ0v) is 18.6. The predicted octanol–water partition coefficient (Wildman–Crippen LogP) is 4.57. The van der Waals surface area contributed by atoms with Crippen LogP contribution in [-0.4, -0.2) is 35.9 Å². The number of benzene rings is 1. The van der Waals surface area contributed by atoms with E-state index in [1.54, 1.807) is 0 Å². The Balaban J connectivity index is 2.62. The molecule has 0 radical (unpaired) electrons. The highest BCUT2D eigenvalue weighted by Crippen LogP contribution is 2.17. The fourth-order valence-electron chi connectivity index (χ4n) is 2.83. The first-order valence-corrected chi connectivity index (χ1v) is 10.6. The van der Waals surface area contributed by atoms with Crippen molar-refractivity contribution in [2.45, 2.75) is 64.9 Å². The normalized spacial score (nSPS) is 12.1. The molecule has 0 amide bonds. The Hall–Kier alpha value is -2.40. The maximum Gasteiger partial charge on any atom is 0.336 e. The van der Waals surface area contributed by atoms with Crippen LogP contribution in [0.3, 0.4) is 0 Å². The van der Waals surface area contributed by atoms with Gasteiger partial charge in [-0.25, -0.2) is 9.59 Å². The Labute approximate surface area is 180 Å². The van der Waals surface area contributed by atoms with E-state index in [4.69, 9.17) is 9.47 Å². The number of hydrogen-bond acceptors (Lipinski definition) is 5. The lowest BCUT2D eigenvalue weighted by molar-refractivity contribution is -0.145. The van der Waals surface area contributed by atoms with Gasteiger partial charge in [0, 0.05) is 12.0 Å². The summed E-state index contributed by atoms with van der Waals surface area (Å²) in [6.07, 6.45) is 7.31. The second-order valence-electron chi connectivity index (χ2n) is 8.15. The highest BCUT2D eigenvalue weighted by Gasteiger charge is 2.26. The summed E-state index contributed by atoms with van der Waals surface area (Å²) in [4.78, 5) is 23.5. The molecule has 166 valence electrons. The van der Waals surface area contributed by atoms with Crippen molar-refractivity contribution >= 4 is 11.9 Å². The molecular formula is C25H36O5. The molecule has 1 rings (SSSR count). The fraction of sp³-hybridized carbons (Fsp3) is 0.520. The molecule has 0 fully saturated rings. The van der Waals surface area contributed by atoms with Crippen LogP contribution in [0, 0.1) is 5.92 Å². The van der Waals surface area contributed by atoms with E-state index in [0.717, 1.165) is 18.9 Å². The minimum absolute atomic E-state index is 0.0111. The number of aryl methyl sites for hydroxylation is 2. The Morgan fingerprint density at radius 1 is 1.07 bits per heavy atom. The van der Waals surface area contributed by atoms with Crippen LogP contribution >= 0.6 is 0 Å². The van der Waals surface area contributed by atoms with Crippen molar-refractivity contribution in [2.75, 3.05) is 13.2 Å². The molecule has 5 heteroatoms. The molecule has 5 nitrogen and oxygen atoms in total. The molecule has 1 aromatic carbocycles. The Kier molecular flexibility index (Phi) is 11.1. The molecule has 0 aromatic heterocycles. The van der Waals surface area contributed by atoms with E-state index in [2.05, 4.69) is 44.3 Å². The third-order valence-electron chi connectivity index (χ3n) is 5.00. The molecule has 1 atom stereocenters. The van der Waals surface area contributed by atoms with Gasteiger partial charge >= 0.3 is 11.9 Å². The van der Waals surface area contributed by atoms with Gasteiger partial charge in [0.1, 0.15) is 0 Å². The number of ether oxygens (including phenoxy) is 2. The molecule has 0 saturated heterocycles. The quantitative estimate of drug-likeness (QED) is 0.273. The van der Waals surface area contributed by atoms with Crippen molar-refractivity contribution in [3.63, 3.8) is 0 Å². The lowest BCUT2D eigenvalue weighted by Crippen LogP contribution is -2.30. The minimum atomic E-state index is -1.35. The first-order valence-electron chi connectivity index (χ1n) is 10.6.